The van der Waals surface area contributed by atoms with Crippen LogP contribution in [0.2, 0.25) is 5.02 Å². The fourth-order valence-electron chi connectivity index (χ4n) is 1.36. The lowest BCUT2D eigenvalue weighted by molar-refractivity contribution is 0.135. The Kier molecular flexibility index (Phi) is 5.25. The molecule has 0 saturated carbocycles. The summed E-state index contributed by atoms with van der Waals surface area (Å²) in [7, 11) is 1.66. The van der Waals surface area contributed by atoms with Crippen molar-refractivity contribution in [3.63, 3.8) is 0 Å². The van der Waals surface area contributed by atoms with Gasteiger partial charge in [-0.25, -0.2) is 0 Å². The minimum atomic E-state index is -0.0472. The molecule has 5 heteroatoms. The Hall–Kier alpha value is -1.26. The van der Waals surface area contributed by atoms with Gasteiger partial charge in [0.25, 0.3) is 0 Å². The summed E-state index contributed by atoms with van der Waals surface area (Å²) in [6.07, 6.45) is 0.858. The van der Waals surface area contributed by atoms with E-state index in [4.69, 9.17) is 32.2 Å². The number of rotatable bonds is 6. The van der Waals surface area contributed by atoms with Gasteiger partial charge in [-0.1, -0.05) is 11.6 Å². The first-order chi connectivity index (χ1) is 8.04. The van der Waals surface area contributed by atoms with E-state index in [1.165, 1.54) is 0 Å². The Morgan fingerprint density at radius 2 is 2.24 bits per heavy atom. The molecule has 1 aromatic rings. The first-order valence-electron chi connectivity index (χ1n) is 5.34. The third kappa shape index (κ3) is 4.24. The molecule has 0 amide bonds. The van der Waals surface area contributed by atoms with Crippen molar-refractivity contribution in [2.45, 2.75) is 19.4 Å². The van der Waals surface area contributed by atoms with Crippen LogP contribution in [0.15, 0.2) is 18.2 Å². The van der Waals surface area contributed by atoms with Crippen LogP contribution in [-0.2, 0) is 4.74 Å². The largest absolute Gasteiger partial charge is 0.491 e. The first-order valence-corrected chi connectivity index (χ1v) is 5.72. The van der Waals surface area contributed by atoms with Crippen molar-refractivity contribution in [1.82, 2.24) is 0 Å². The fraction of sp³-hybridized carbons (Fsp3) is 0.417. The molecule has 17 heavy (non-hydrogen) atoms. The standard InChI is InChI=1S/C12H17ClN2O2/c1-8(5-6-16-2)17-9-3-4-10(12(14)15)11(13)7-9/h3-4,7-8H,5-6H2,1-2H3,(H3,14,15). The molecule has 0 heterocycles. The number of amidine groups is 1. The van der Waals surface area contributed by atoms with Gasteiger partial charge in [0.1, 0.15) is 11.6 Å². The molecule has 0 saturated heterocycles. The van der Waals surface area contributed by atoms with Crippen molar-refractivity contribution in [2.75, 3.05) is 13.7 Å². The van der Waals surface area contributed by atoms with Crippen LogP contribution in [0.5, 0.6) is 5.75 Å². The molecule has 0 aliphatic heterocycles. The highest BCUT2D eigenvalue weighted by molar-refractivity contribution is 6.34. The highest BCUT2D eigenvalue weighted by Crippen LogP contribution is 2.23. The average molecular weight is 257 g/mol. The van der Waals surface area contributed by atoms with E-state index in [-0.39, 0.29) is 11.9 Å². The van der Waals surface area contributed by atoms with Crippen LogP contribution in [0, 0.1) is 5.41 Å². The van der Waals surface area contributed by atoms with E-state index in [1.807, 2.05) is 6.92 Å². The maximum atomic E-state index is 7.32. The number of methoxy groups -OCH3 is 1. The lowest BCUT2D eigenvalue weighted by atomic mass is 10.2. The van der Waals surface area contributed by atoms with Crippen LogP contribution in [-0.4, -0.2) is 25.7 Å². The van der Waals surface area contributed by atoms with E-state index < -0.39 is 0 Å². The Balaban J connectivity index is 2.67. The van der Waals surface area contributed by atoms with Crippen molar-refractivity contribution >= 4 is 17.4 Å². The SMILES string of the molecule is COCCC(C)Oc1ccc(C(=N)N)c(Cl)c1. The summed E-state index contributed by atoms with van der Waals surface area (Å²) < 4.78 is 10.6. The van der Waals surface area contributed by atoms with Crippen molar-refractivity contribution in [1.29, 1.82) is 5.41 Å². The van der Waals surface area contributed by atoms with E-state index in [1.54, 1.807) is 25.3 Å². The minimum Gasteiger partial charge on any atom is -0.491 e. The number of ether oxygens (including phenoxy) is 2. The molecule has 0 aliphatic rings. The smallest absolute Gasteiger partial charge is 0.124 e. The van der Waals surface area contributed by atoms with Crippen LogP contribution >= 0.6 is 11.6 Å². The summed E-state index contributed by atoms with van der Waals surface area (Å²) in [5.41, 5.74) is 5.89. The summed E-state index contributed by atoms with van der Waals surface area (Å²) in [6, 6.07) is 5.11. The number of hydrogen-bond acceptors (Lipinski definition) is 3. The van der Waals surface area contributed by atoms with E-state index in [0.29, 0.717) is 22.9 Å². The molecule has 0 radical (unpaired) electrons. The number of nitrogens with one attached hydrogen (secondary N) is 1. The molecule has 1 atom stereocenters. The van der Waals surface area contributed by atoms with Gasteiger partial charge >= 0.3 is 0 Å². The highest BCUT2D eigenvalue weighted by atomic mass is 35.5. The lowest BCUT2D eigenvalue weighted by Gasteiger charge is -2.15. The zero-order chi connectivity index (χ0) is 12.8. The quantitative estimate of drug-likeness (QED) is 0.607. The second kappa shape index (κ2) is 6.47. The van der Waals surface area contributed by atoms with Crippen LogP contribution < -0.4 is 10.5 Å². The summed E-state index contributed by atoms with van der Waals surface area (Å²) >= 11 is 5.99. The second-order valence-corrected chi connectivity index (χ2v) is 4.17. The molecule has 0 aromatic heterocycles. The molecular weight excluding hydrogens is 240 g/mol. The summed E-state index contributed by atoms with van der Waals surface area (Å²) in [5.74, 6) is 0.623. The zero-order valence-corrected chi connectivity index (χ0v) is 10.8. The summed E-state index contributed by atoms with van der Waals surface area (Å²) in [6.45, 7) is 2.62. The van der Waals surface area contributed by atoms with Crippen LogP contribution in [0.1, 0.15) is 18.9 Å². The van der Waals surface area contributed by atoms with E-state index in [9.17, 15) is 0 Å². The average Bonchev–Trinajstić information content (AvgIpc) is 2.26. The van der Waals surface area contributed by atoms with Crippen molar-refractivity contribution in [3.05, 3.63) is 28.8 Å². The molecular formula is C12H17ClN2O2. The topological polar surface area (TPSA) is 68.3 Å². The number of nitrogen functional groups attached to an aromatic ring is 1. The van der Waals surface area contributed by atoms with Gasteiger partial charge in [0.05, 0.1) is 11.1 Å². The van der Waals surface area contributed by atoms with E-state index >= 15 is 0 Å². The second-order valence-electron chi connectivity index (χ2n) is 3.77. The van der Waals surface area contributed by atoms with Gasteiger partial charge in [0.2, 0.25) is 0 Å². The molecule has 1 unspecified atom stereocenters. The predicted molar refractivity (Wildman–Crippen MR) is 69.1 cm³/mol. The molecule has 4 nitrogen and oxygen atoms in total. The van der Waals surface area contributed by atoms with Crippen molar-refractivity contribution in [3.8, 4) is 5.75 Å². The number of benzene rings is 1. The van der Waals surface area contributed by atoms with Gasteiger partial charge in [0.15, 0.2) is 0 Å². The maximum absolute atomic E-state index is 7.32. The third-order valence-electron chi connectivity index (χ3n) is 2.30. The predicted octanol–water partition coefficient (Wildman–Crippen LogP) is 2.43. The summed E-state index contributed by atoms with van der Waals surface area (Å²) in [4.78, 5) is 0. The molecule has 1 rings (SSSR count). The van der Waals surface area contributed by atoms with Gasteiger partial charge in [-0.3, -0.25) is 5.41 Å². The lowest BCUT2D eigenvalue weighted by Crippen LogP contribution is -2.15. The Bertz CT molecular complexity index is 396. The van der Waals surface area contributed by atoms with Crippen LogP contribution in [0.4, 0.5) is 0 Å². The minimum absolute atomic E-state index is 0.0472. The normalized spacial score (nSPS) is 12.2. The molecule has 0 bridgehead atoms. The Labute approximate surface area is 106 Å². The summed E-state index contributed by atoms with van der Waals surface area (Å²) in [5, 5.41) is 7.74. The first kappa shape index (κ1) is 13.8. The van der Waals surface area contributed by atoms with Gasteiger partial charge in [0, 0.05) is 25.7 Å². The number of halogens is 1. The molecule has 1 aromatic carbocycles. The molecule has 0 aliphatic carbocycles. The van der Waals surface area contributed by atoms with Gasteiger partial charge in [-0.05, 0) is 25.1 Å². The molecule has 0 spiro atoms. The van der Waals surface area contributed by atoms with Gasteiger partial charge < -0.3 is 15.2 Å². The van der Waals surface area contributed by atoms with Crippen LogP contribution in [0.25, 0.3) is 0 Å². The van der Waals surface area contributed by atoms with E-state index in [0.717, 1.165) is 6.42 Å². The van der Waals surface area contributed by atoms with E-state index in [2.05, 4.69) is 0 Å². The van der Waals surface area contributed by atoms with Gasteiger partial charge in [-0.15, -0.1) is 0 Å². The fourth-order valence-corrected chi connectivity index (χ4v) is 1.63. The Morgan fingerprint density at radius 1 is 1.53 bits per heavy atom. The molecule has 0 fully saturated rings. The van der Waals surface area contributed by atoms with Crippen LogP contribution in [0.3, 0.4) is 0 Å². The number of nitrogens with two attached hydrogens (primary N) is 1. The van der Waals surface area contributed by atoms with Crippen molar-refractivity contribution < 1.29 is 9.47 Å². The van der Waals surface area contributed by atoms with Crippen molar-refractivity contribution in [2.24, 2.45) is 5.73 Å². The third-order valence-corrected chi connectivity index (χ3v) is 2.61. The molecule has 94 valence electrons. The molecule has 3 N–H and O–H groups in total. The Morgan fingerprint density at radius 3 is 2.76 bits per heavy atom. The monoisotopic (exact) mass is 256 g/mol. The maximum Gasteiger partial charge on any atom is 0.124 e. The van der Waals surface area contributed by atoms with Gasteiger partial charge in [-0.2, -0.15) is 0 Å². The highest BCUT2D eigenvalue weighted by Gasteiger charge is 2.08. The zero-order valence-electron chi connectivity index (χ0n) is 10.00. The number of hydrogen-bond donors (Lipinski definition) is 2.